The number of hydrogen-bond donors (Lipinski definition) is 2. The number of nitrogens with one attached hydrogen (secondary N) is 2. The topological polar surface area (TPSA) is 54.0 Å². The van der Waals surface area contributed by atoms with E-state index in [1.165, 1.54) is 17.4 Å². The number of rotatable bonds is 3. The zero-order valence-corrected chi connectivity index (χ0v) is 13.1. The van der Waals surface area contributed by atoms with Crippen molar-refractivity contribution in [2.24, 2.45) is 0 Å². The van der Waals surface area contributed by atoms with Crippen LogP contribution in [-0.4, -0.2) is 29.5 Å². The standard InChI is InChI=1S/C16H18FN3OS/c1-10-8-11(6-7-18-10)19-15(21)14-9-22-16(20-14)12-4-2-3-5-13(12)17/h2-5,9-11,18H,6-8H2,1H3,(H,19,21). The smallest absolute Gasteiger partial charge is 0.270 e. The van der Waals surface area contributed by atoms with Gasteiger partial charge in [0.1, 0.15) is 16.5 Å². The number of nitrogens with zero attached hydrogens (tertiary/aromatic N) is 1. The second kappa shape index (κ2) is 6.54. The Hall–Kier alpha value is -1.79. The predicted molar refractivity (Wildman–Crippen MR) is 85.5 cm³/mol. The van der Waals surface area contributed by atoms with Gasteiger partial charge in [-0.15, -0.1) is 11.3 Å². The Morgan fingerprint density at radius 1 is 1.45 bits per heavy atom. The fourth-order valence-corrected chi connectivity index (χ4v) is 3.49. The van der Waals surface area contributed by atoms with E-state index in [2.05, 4.69) is 22.5 Å². The minimum absolute atomic E-state index is 0.169. The van der Waals surface area contributed by atoms with Crippen LogP contribution in [0.1, 0.15) is 30.3 Å². The van der Waals surface area contributed by atoms with Gasteiger partial charge in [-0.3, -0.25) is 4.79 Å². The van der Waals surface area contributed by atoms with Gasteiger partial charge in [0.25, 0.3) is 5.91 Å². The monoisotopic (exact) mass is 319 g/mol. The van der Waals surface area contributed by atoms with Gasteiger partial charge >= 0.3 is 0 Å². The molecule has 2 aromatic rings. The third kappa shape index (κ3) is 3.34. The van der Waals surface area contributed by atoms with Crippen molar-refractivity contribution < 1.29 is 9.18 Å². The Kier molecular flexibility index (Phi) is 4.49. The lowest BCUT2D eigenvalue weighted by atomic mass is 10.0. The third-order valence-electron chi connectivity index (χ3n) is 3.80. The molecular formula is C16H18FN3OS. The molecule has 1 saturated heterocycles. The molecule has 116 valence electrons. The van der Waals surface area contributed by atoms with Crippen LogP contribution in [0.4, 0.5) is 4.39 Å². The number of thiazole rings is 1. The van der Waals surface area contributed by atoms with Gasteiger partial charge in [0, 0.05) is 23.0 Å². The van der Waals surface area contributed by atoms with Crippen LogP contribution < -0.4 is 10.6 Å². The highest BCUT2D eigenvalue weighted by molar-refractivity contribution is 7.13. The average Bonchev–Trinajstić information content (AvgIpc) is 2.97. The van der Waals surface area contributed by atoms with Crippen molar-refractivity contribution in [3.8, 4) is 10.6 Å². The Morgan fingerprint density at radius 3 is 3.05 bits per heavy atom. The maximum atomic E-state index is 13.8. The highest BCUT2D eigenvalue weighted by Gasteiger charge is 2.22. The summed E-state index contributed by atoms with van der Waals surface area (Å²) in [6, 6.07) is 7.04. The fraction of sp³-hybridized carbons (Fsp3) is 0.375. The molecule has 1 aliphatic heterocycles. The highest BCUT2D eigenvalue weighted by atomic mass is 32.1. The minimum atomic E-state index is -0.323. The summed E-state index contributed by atoms with van der Waals surface area (Å²) in [5.74, 6) is -0.506. The van der Waals surface area contributed by atoms with Gasteiger partial charge in [-0.25, -0.2) is 9.37 Å². The Bertz CT molecular complexity index is 673. The van der Waals surface area contributed by atoms with Crippen LogP contribution in [-0.2, 0) is 0 Å². The molecule has 1 aromatic carbocycles. The van der Waals surface area contributed by atoms with Crippen LogP contribution in [0, 0.1) is 5.82 Å². The lowest BCUT2D eigenvalue weighted by Crippen LogP contribution is -2.46. The van der Waals surface area contributed by atoms with Crippen LogP contribution in [0.5, 0.6) is 0 Å². The molecule has 0 spiro atoms. The first-order chi connectivity index (χ1) is 10.6. The molecule has 0 aliphatic carbocycles. The molecule has 2 unspecified atom stereocenters. The third-order valence-corrected chi connectivity index (χ3v) is 4.68. The Labute approximate surface area is 132 Å². The molecule has 4 nitrogen and oxygen atoms in total. The Balaban J connectivity index is 1.71. The molecule has 0 saturated carbocycles. The summed E-state index contributed by atoms with van der Waals surface area (Å²) in [5, 5.41) is 8.58. The molecule has 2 N–H and O–H groups in total. The van der Waals surface area contributed by atoms with Crippen LogP contribution in [0.15, 0.2) is 29.6 Å². The second-order valence-corrected chi connectivity index (χ2v) is 6.43. The molecule has 3 rings (SSSR count). The van der Waals surface area contributed by atoms with E-state index in [0.717, 1.165) is 19.4 Å². The van der Waals surface area contributed by atoms with E-state index in [4.69, 9.17) is 0 Å². The zero-order valence-electron chi connectivity index (χ0n) is 12.3. The van der Waals surface area contributed by atoms with E-state index in [-0.39, 0.29) is 17.8 Å². The summed E-state index contributed by atoms with van der Waals surface area (Å²) in [6.45, 7) is 3.01. The molecule has 1 aliphatic rings. The normalized spacial score (nSPS) is 21.5. The number of carbonyl (C=O) groups excluding carboxylic acids is 1. The summed E-state index contributed by atoms with van der Waals surface area (Å²) in [4.78, 5) is 16.5. The molecule has 1 amide bonds. The van der Waals surface area contributed by atoms with E-state index in [1.807, 2.05) is 0 Å². The first-order valence-corrected chi connectivity index (χ1v) is 8.26. The first kappa shape index (κ1) is 15.1. The number of hydrogen-bond acceptors (Lipinski definition) is 4. The summed E-state index contributed by atoms with van der Waals surface area (Å²) in [6.07, 6.45) is 1.83. The predicted octanol–water partition coefficient (Wildman–Crippen LogP) is 2.82. The molecule has 2 atom stereocenters. The number of aromatic nitrogens is 1. The van der Waals surface area contributed by atoms with E-state index >= 15 is 0 Å². The van der Waals surface area contributed by atoms with Gasteiger partial charge in [-0.05, 0) is 38.4 Å². The van der Waals surface area contributed by atoms with Gasteiger partial charge in [0.15, 0.2) is 0 Å². The number of amides is 1. The van der Waals surface area contributed by atoms with Gasteiger partial charge in [-0.2, -0.15) is 0 Å². The quantitative estimate of drug-likeness (QED) is 0.915. The van der Waals surface area contributed by atoms with Crippen molar-refractivity contribution in [2.75, 3.05) is 6.54 Å². The van der Waals surface area contributed by atoms with E-state index in [0.29, 0.717) is 22.3 Å². The van der Waals surface area contributed by atoms with Crippen molar-refractivity contribution in [3.63, 3.8) is 0 Å². The number of halogens is 1. The molecule has 0 bridgehead atoms. The lowest BCUT2D eigenvalue weighted by Gasteiger charge is -2.28. The average molecular weight is 319 g/mol. The van der Waals surface area contributed by atoms with Crippen LogP contribution >= 0.6 is 11.3 Å². The number of carbonyl (C=O) groups is 1. The fourth-order valence-electron chi connectivity index (χ4n) is 2.66. The summed E-state index contributed by atoms with van der Waals surface area (Å²) < 4.78 is 13.8. The largest absolute Gasteiger partial charge is 0.348 e. The summed E-state index contributed by atoms with van der Waals surface area (Å²) in [7, 11) is 0. The van der Waals surface area contributed by atoms with Crippen molar-refractivity contribution in [2.45, 2.75) is 31.8 Å². The van der Waals surface area contributed by atoms with E-state index in [9.17, 15) is 9.18 Å². The maximum Gasteiger partial charge on any atom is 0.270 e. The lowest BCUT2D eigenvalue weighted by molar-refractivity contribution is 0.0921. The van der Waals surface area contributed by atoms with Crippen molar-refractivity contribution >= 4 is 17.2 Å². The van der Waals surface area contributed by atoms with Crippen molar-refractivity contribution in [1.29, 1.82) is 0 Å². The van der Waals surface area contributed by atoms with Gasteiger partial charge < -0.3 is 10.6 Å². The molecule has 1 aromatic heterocycles. The van der Waals surface area contributed by atoms with Crippen LogP contribution in [0.3, 0.4) is 0 Å². The van der Waals surface area contributed by atoms with Crippen molar-refractivity contribution in [1.82, 2.24) is 15.6 Å². The molecule has 6 heteroatoms. The van der Waals surface area contributed by atoms with Crippen LogP contribution in [0.25, 0.3) is 10.6 Å². The van der Waals surface area contributed by atoms with E-state index < -0.39 is 0 Å². The summed E-state index contributed by atoms with van der Waals surface area (Å²) in [5.41, 5.74) is 0.788. The van der Waals surface area contributed by atoms with Gasteiger partial charge in [0.05, 0.1) is 0 Å². The SMILES string of the molecule is CC1CC(NC(=O)c2csc(-c3ccccc3F)n2)CCN1. The van der Waals surface area contributed by atoms with E-state index in [1.54, 1.807) is 23.6 Å². The molecule has 0 radical (unpaired) electrons. The maximum absolute atomic E-state index is 13.8. The van der Waals surface area contributed by atoms with Crippen molar-refractivity contribution in [3.05, 3.63) is 41.2 Å². The van der Waals surface area contributed by atoms with Crippen LogP contribution in [0.2, 0.25) is 0 Å². The molecule has 2 heterocycles. The van der Waals surface area contributed by atoms with Gasteiger partial charge in [0.2, 0.25) is 0 Å². The zero-order chi connectivity index (χ0) is 15.5. The first-order valence-electron chi connectivity index (χ1n) is 7.38. The van der Waals surface area contributed by atoms with Gasteiger partial charge in [-0.1, -0.05) is 12.1 Å². The number of piperidine rings is 1. The minimum Gasteiger partial charge on any atom is -0.348 e. The second-order valence-electron chi connectivity index (χ2n) is 5.57. The highest BCUT2D eigenvalue weighted by Crippen LogP contribution is 2.26. The molecule has 22 heavy (non-hydrogen) atoms. The molecular weight excluding hydrogens is 301 g/mol. The molecule has 1 fully saturated rings. The summed E-state index contributed by atoms with van der Waals surface area (Å²) >= 11 is 1.28. The Morgan fingerprint density at radius 2 is 2.27 bits per heavy atom. The number of benzene rings is 1.